The number of hydrogen-bond donors (Lipinski definition) is 0. The molecule has 0 atom stereocenters. The van der Waals surface area contributed by atoms with Gasteiger partial charge in [0.25, 0.3) is 0 Å². The van der Waals surface area contributed by atoms with Crippen molar-refractivity contribution in [2.75, 3.05) is 14.2 Å². The lowest BCUT2D eigenvalue weighted by atomic mass is 9.93. The molecule has 0 saturated carbocycles. The van der Waals surface area contributed by atoms with Crippen LogP contribution in [0.5, 0.6) is 11.5 Å². The molecule has 2 aromatic carbocycles. The van der Waals surface area contributed by atoms with Crippen molar-refractivity contribution >= 4 is 34.8 Å². The molecule has 2 rings (SSSR count). The van der Waals surface area contributed by atoms with E-state index in [2.05, 4.69) is 0 Å². The fourth-order valence-corrected chi connectivity index (χ4v) is 2.86. The van der Waals surface area contributed by atoms with Crippen LogP contribution >= 0.6 is 34.8 Å². The number of hydrogen-bond acceptors (Lipinski definition) is 2. The molecular formula is C18H19Cl3O2. The van der Waals surface area contributed by atoms with Gasteiger partial charge in [-0.1, -0.05) is 59.1 Å². The fourth-order valence-electron chi connectivity index (χ4n) is 2.40. The highest BCUT2D eigenvalue weighted by Gasteiger charge is 2.32. The van der Waals surface area contributed by atoms with Crippen molar-refractivity contribution in [2.24, 2.45) is 5.92 Å². The quantitative estimate of drug-likeness (QED) is 0.625. The maximum Gasteiger partial charge on any atom is 0.194 e. The van der Waals surface area contributed by atoms with Gasteiger partial charge in [-0.15, -0.1) is 0 Å². The van der Waals surface area contributed by atoms with Crippen LogP contribution in [0.25, 0.3) is 0 Å². The molecule has 0 aliphatic heterocycles. The van der Waals surface area contributed by atoms with E-state index in [1.54, 1.807) is 14.2 Å². The van der Waals surface area contributed by atoms with Gasteiger partial charge in [0.1, 0.15) is 11.5 Å². The lowest BCUT2D eigenvalue weighted by Gasteiger charge is -2.25. The third-order valence-corrected chi connectivity index (χ3v) is 4.67. The molecule has 2 nitrogen and oxygen atoms in total. The van der Waals surface area contributed by atoms with Crippen LogP contribution in [-0.4, -0.2) is 18.0 Å². The molecule has 124 valence electrons. The van der Waals surface area contributed by atoms with Gasteiger partial charge < -0.3 is 9.47 Å². The van der Waals surface area contributed by atoms with E-state index in [9.17, 15) is 0 Å². The van der Waals surface area contributed by atoms with Gasteiger partial charge >= 0.3 is 0 Å². The van der Waals surface area contributed by atoms with Gasteiger partial charge in [-0.05, 0) is 48.2 Å². The SMILES string of the molecule is COc1ccc(CC(Cc2ccc(OC)cc2)C(Cl)(Cl)Cl)cc1. The van der Waals surface area contributed by atoms with Gasteiger partial charge in [-0.2, -0.15) is 0 Å². The largest absolute Gasteiger partial charge is 0.497 e. The van der Waals surface area contributed by atoms with E-state index in [-0.39, 0.29) is 5.92 Å². The van der Waals surface area contributed by atoms with Crippen molar-refractivity contribution in [3.63, 3.8) is 0 Å². The third kappa shape index (κ3) is 5.49. The number of rotatable bonds is 6. The zero-order chi connectivity index (χ0) is 16.9. The highest BCUT2D eigenvalue weighted by Crippen LogP contribution is 2.39. The topological polar surface area (TPSA) is 18.5 Å². The van der Waals surface area contributed by atoms with Crippen LogP contribution in [0.2, 0.25) is 0 Å². The molecule has 0 fully saturated rings. The summed E-state index contributed by atoms with van der Waals surface area (Å²) in [7, 11) is 3.28. The zero-order valence-corrected chi connectivity index (χ0v) is 15.3. The van der Waals surface area contributed by atoms with Gasteiger partial charge in [0, 0.05) is 5.92 Å². The molecule has 0 N–H and O–H groups in total. The molecule has 23 heavy (non-hydrogen) atoms. The standard InChI is InChI=1S/C18H19Cl3O2/c1-22-16-7-3-13(4-8-16)11-15(18(19,20)21)12-14-5-9-17(23-2)10-6-14/h3-10,15H,11-12H2,1-2H3. The highest BCUT2D eigenvalue weighted by molar-refractivity contribution is 6.67. The normalized spacial score (nSPS) is 11.6. The number of benzene rings is 2. The van der Waals surface area contributed by atoms with E-state index in [0.717, 1.165) is 22.6 Å². The lowest BCUT2D eigenvalue weighted by molar-refractivity contribution is 0.414. The third-order valence-electron chi connectivity index (χ3n) is 3.75. The minimum atomic E-state index is -1.33. The first-order valence-corrected chi connectivity index (χ1v) is 8.38. The van der Waals surface area contributed by atoms with Gasteiger partial charge in [0.05, 0.1) is 14.2 Å². The maximum absolute atomic E-state index is 6.20. The van der Waals surface area contributed by atoms with Crippen molar-refractivity contribution < 1.29 is 9.47 Å². The predicted octanol–water partition coefficient (Wildman–Crippen LogP) is 5.48. The van der Waals surface area contributed by atoms with E-state index in [1.165, 1.54) is 0 Å². The van der Waals surface area contributed by atoms with Crippen molar-refractivity contribution in [3.05, 3.63) is 59.7 Å². The molecule has 0 radical (unpaired) electrons. The van der Waals surface area contributed by atoms with E-state index >= 15 is 0 Å². The second-order valence-electron chi connectivity index (χ2n) is 5.34. The van der Waals surface area contributed by atoms with Crippen LogP contribution in [0.1, 0.15) is 11.1 Å². The summed E-state index contributed by atoms with van der Waals surface area (Å²) in [5, 5.41) is 0. The number of ether oxygens (including phenoxy) is 2. The second kappa shape index (κ2) is 8.14. The van der Waals surface area contributed by atoms with Crippen LogP contribution in [0.3, 0.4) is 0 Å². The minimum absolute atomic E-state index is 0.130. The summed E-state index contributed by atoms with van der Waals surface area (Å²) in [4.78, 5) is 0. The van der Waals surface area contributed by atoms with Crippen LogP contribution in [0.4, 0.5) is 0 Å². The second-order valence-corrected chi connectivity index (χ2v) is 7.71. The summed E-state index contributed by atoms with van der Waals surface area (Å²) in [6.45, 7) is 0. The Hall–Kier alpha value is -1.09. The summed E-state index contributed by atoms with van der Waals surface area (Å²) in [6.07, 6.45) is 1.35. The number of halogens is 3. The average molecular weight is 374 g/mol. The van der Waals surface area contributed by atoms with Gasteiger partial charge in [-0.3, -0.25) is 0 Å². The van der Waals surface area contributed by atoms with Gasteiger partial charge in [0.2, 0.25) is 0 Å². The van der Waals surface area contributed by atoms with E-state index in [4.69, 9.17) is 44.3 Å². The summed E-state index contributed by atoms with van der Waals surface area (Å²) in [6, 6.07) is 15.6. The minimum Gasteiger partial charge on any atom is -0.497 e. The van der Waals surface area contributed by atoms with Gasteiger partial charge in [-0.25, -0.2) is 0 Å². The Morgan fingerprint density at radius 2 is 1.09 bits per heavy atom. The van der Waals surface area contributed by atoms with Crippen molar-refractivity contribution in [1.29, 1.82) is 0 Å². The molecule has 0 aliphatic carbocycles. The average Bonchev–Trinajstić information content (AvgIpc) is 2.54. The van der Waals surface area contributed by atoms with Crippen LogP contribution in [-0.2, 0) is 12.8 Å². The molecule has 2 aromatic rings. The molecule has 0 aliphatic rings. The Morgan fingerprint density at radius 3 is 1.35 bits per heavy atom. The van der Waals surface area contributed by atoms with Gasteiger partial charge in [0.15, 0.2) is 3.79 Å². The Labute approximate surface area is 152 Å². The zero-order valence-electron chi connectivity index (χ0n) is 13.1. The van der Waals surface area contributed by atoms with E-state index in [1.807, 2.05) is 48.5 Å². The first-order valence-electron chi connectivity index (χ1n) is 7.25. The molecule has 0 bridgehead atoms. The number of methoxy groups -OCH3 is 2. The Balaban J connectivity index is 2.12. The summed E-state index contributed by atoms with van der Waals surface area (Å²) >= 11 is 18.6. The van der Waals surface area contributed by atoms with Crippen LogP contribution < -0.4 is 9.47 Å². The maximum atomic E-state index is 6.20. The Morgan fingerprint density at radius 1 is 0.739 bits per heavy atom. The molecular weight excluding hydrogens is 355 g/mol. The van der Waals surface area contributed by atoms with E-state index < -0.39 is 3.79 Å². The summed E-state index contributed by atoms with van der Waals surface area (Å²) in [5.74, 6) is 1.50. The molecule has 0 unspecified atom stereocenters. The molecule has 0 amide bonds. The smallest absolute Gasteiger partial charge is 0.194 e. The fraction of sp³-hybridized carbons (Fsp3) is 0.333. The molecule has 0 aromatic heterocycles. The number of alkyl halides is 3. The highest BCUT2D eigenvalue weighted by atomic mass is 35.6. The summed E-state index contributed by atoms with van der Waals surface area (Å²) < 4.78 is 9.00. The molecule has 0 spiro atoms. The Kier molecular flexibility index (Phi) is 6.46. The monoisotopic (exact) mass is 372 g/mol. The van der Waals surface area contributed by atoms with Crippen molar-refractivity contribution in [2.45, 2.75) is 16.6 Å². The molecule has 5 heteroatoms. The van der Waals surface area contributed by atoms with E-state index in [0.29, 0.717) is 12.8 Å². The molecule has 0 saturated heterocycles. The Bertz CT molecular complexity index is 554. The van der Waals surface area contributed by atoms with Crippen molar-refractivity contribution in [3.8, 4) is 11.5 Å². The lowest BCUT2D eigenvalue weighted by Crippen LogP contribution is -2.24. The van der Waals surface area contributed by atoms with Crippen LogP contribution in [0.15, 0.2) is 48.5 Å². The van der Waals surface area contributed by atoms with Crippen LogP contribution in [0, 0.1) is 5.92 Å². The molecule has 0 heterocycles. The predicted molar refractivity (Wildman–Crippen MR) is 97.2 cm³/mol. The first-order chi connectivity index (χ1) is 10.9. The summed E-state index contributed by atoms with van der Waals surface area (Å²) in [5.41, 5.74) is 2.21. The van der Waals surface area contributed by atoms with Crippen molar-refractivity contribution in [1.82, 2.24) is 0 Å². The first kappa shape index (κ1) is 18.3.